The number of H-pyrrole nitrogens is 1. The molecule has 0 aliphatic heterocycles. The van der Waals surface area contributed by atoms with Gasteiger partial charge >= 0.3 is 0 Å². The molecule has 1 saturated carbocycles. The van der Waals surface area contributed by atoms with Gasteiger partial charge in [0.15, 0.2) is 0 Å². The average Bonchev–Trinajstić information content (AvgIpc) is 2.61. The van der Waals surface area contributed by atoms with Crippen LogP contribution in [0.1, 0.15) is 64.5 Å². The lowest BCUT2D eigenvalue weighted by Crippen LogP contribution is -2.27. The Morgan fingerprint density at radius 2 is 1.88 bits per heavy atom. The molecule has 1 aliphatic rings. The molecule has 0 radical (unpaired) electrons. The third kappa shape index (κ3) is 2.23. The van der Waals surface area contributed by atoms with Crippen LogP contribution in [0.3, 0.4) is 0 Å². The van der Waals surface area contributed by atoms with Gasteiger partial charge < -0.3 is 0 Å². The Morgan fingerprint density at radius 1 is 1.25 bits per heavy atom. The summed E-state index contributed by atoms with van der Waals surface area (Å²) in [6.45, 7) is 6.40. The summed E-state index contributed by atoms with van der Waals surface area (Å²) in [6, 6.07) is 1.79. The fourth-order valence-corrected chi connectivity index (χ4v) is 2.66. The minimum atomic E-state index is -0.0323. The Bertz CT molecular complexity index is 402. The third-order valence-corrected chi connectivity index (χ3v) is 3.45. The van der Waals surface area contributed by atoms with Crippen LogP contribution in [0.15, 0.2) is 10.9 Å². The van der Waals surface area contributed by atoms with E-state index in [1.165, 1.54) is 37.8 Å². The van der Waals surface area contributed by atoms with E-state index in [2.05, 4.69) is 30.6 Å². The second kappa shape index (κ2) is 4.11. The SMILES string of the molecule is CC(C)(C)n1[nH]c(=O)cc1C1CCCCC1. The lowest BCUT2D eigenvalue weighted by atomic mass is 9.86. The highest BCUT2D eigenvalue weighted by molar-refractivity contribution is 5.11. The molecule has 3 nitrogen and oxygen atoms in total. The van der Waals surface area contributed by atoms with Gasteiger partial charge in [0.2, 0.25) is 0 Å². The summed E-state index contributed by atoms with van der Waals surface area (Å²) in [5.41, 5.74) is 1.21. The number of nitrogens with one attached hydrogen (secondary N) is 1. The van der Waals surface area contributed by atoms with E-state index in [1.54, 1.807) is 6.07 Å². The van der Waals surface area contributed by atoms with Crippen LogP contribution in [-0.4, -0.2) is 9.78 Å². The Balaban J connectivity index is 2.35. The predicted molar refractivity (Wildman–Crippen MR) is 65.9 cm³/mol. The maximum absolute atomic E-state index is 11.5. The molecule has 16 heavy (non-hydrogen) atoms. The molecule has 1 fully saturated rings. The molecular formula is C13H22N2O. The van der Waals surface area contributed by atoms with Crippen LogP contribution < -0.4 is 5.56 Å². The summed E-state index contributed by atoms with van der Waals surface area (Å²) < 4.78 is 2.06. The molecule has 0 atom stereocenters. The van der Waals surface area contributed by atoms with Crippen LogP contribution >= 0.6 is 0 Å². The van der Waals surface area contributed by atoms with Crippen LogP contribution in [0, 0.1) is 0 Å². The Morgan fingerprint density at radius 3 is 2.44 bits per heavy atom. The topological polar surface area (TPSA) is 37.8 Å². The van der Waals surface area contributed by atoms with Crippen LogP contribution in [0.2, 0.25) is 0 Å². The minimum Gasteiger partial charge on any atom is -0.284 e. The van der Waals surface area contributed by atoms with Crippen LogP contribution in [0.5, 0.6) is 0 Å². The fourth-order valence-electron chi connectivity index (χ4n) is 2.66. The van der Waals surface area contributed by atoms with Crippen molar-refractivity contribution in [3.05, 3.63) is 22.1 Å². The molecule has 0 amide bonds. The molecule has 1 aliphatic carbocycles. The molecule has 1 aromatic rings. The van der Waals surface area contributed by atoms with E-state index < -0.39 is 0 Å². The van der Waals surface area contributed by atoms with Crippen molar-refractivity contribution in [2.75, 3.05) is 0 Å². The highest BCUT2D eigenvalue weighted by Gasteiger charge is 2.24. The largest absolute Gasteiger partial charge is 0.284 e. The van der Waals surface area contributed by atoms with Crippen molar-refractivity contribution in [2.24, 2.45) is 0 Å². The molecule has 90 valence electrons. The van der Waals surface area contributed by atoms with Crippen molar-refractivity contribution in [3.8, 4) is 0 Å². The van der Waals surface area contributed by atoms with Crippen molar-refractivity contribution < 1.29 is 0 Å². The number of aromatic amines is 1. The van der Waals surface area contributed by atoms with Crippen molar-refractivity contribution in [1.29, 1.82) is 0 Å². The normalized spacial score (nSPS) is 18.9. The lowest BCUT2D eigenvalue weighted by Gasteiger charge is -2.29. The van der Waals surface area contributed by atoms with Gasteiger partial charge in [-0.3, -0.25) is 14.6 Å². The van der Waals surface area contributed by atoms with Gasteiger partial charge in [0, 0.05) is 17.7 Å². The summed E-state index contributed by atoms with van der Waals surface area (Å²) in [6.07, 6.45) is 6.41. The Hall–Kier alpha value is -0.990. The first-order valence-corrected chi connectivity index (χ1v) is 6.31. The zero-order valence-electron chi connectivity index (χ0n) is 10.5. The van der Waals surface area contributed by atoms with Crippen LogP contribution in [0.25, 0.3) is 0 Å². The lowest BCUT2D eigenvalue weighted by molar-refractivity contribution is 0.318. The van der Waals surface area contributed by atoms with E-state index in [1.807, 2.05) is 0 Å². The quantitative estimate of drug-likeness (QED) is 0.779. The molecule has 0 aromatic carbocycles. The van der Waals surface area contributed by atoms with Gasteiger partial charge in [-0.1, -0.05) is 19.3 Å². The smallest absolute Gasteiger partial charge is 0.264 e. The van der Waals surface area contributed by atoms with Crippen LogP contribution in [-0.2, 0) is 5.54 Å². The molecule has 0 spiro atoms. The van der Waals surface area contributed by atoms with E-state index in [0.29, 0.717) is 5.92 Å². The van der Waals surface area contributed by atoms with E-state index in [-0.39, 0.29) is 11.1 Å². The van der Waals surface area contributed by atoms with E-state index in [9.17, 15) is 4.79 Å². The fraction of sp³-hybridized carbons (Fsp3) is 0.769. The molecule has 0 saturated heterocycles. The first-order chi connectivity index (χ1) is 7.48. The predicted octanol–water partition coefficient (Wildman–Crippen LogP) is 2.98. The van der Waals surface area contributed by atoms with Gasteiger partial charge in [-0.05, 0) is 33.6 Å². The van der Waals surface area contributed by atoms with E-state index in [0.717, 1.165) is 0 Å². The Kier molecular flexibility index (Phi) is 2.96. The molecule has 0 bridgehead atoms. The monoisotopic (exact) mass is 222 g/mol. The summed E-state index contributed by atoms with van der Waals surface area (Å²) in [5.74, 6) is 0.576. The van der Waals surface area contributed by atoms with Gasteiger partial charge in [-0.15, -0.1) is 0 Å². The third-order valence-electron chi connectivity index (χ3n) is 3.45. The van der Waals surface area contributed by atoms with Crippen molar-refractivity contribution in [2.45, 2.75) is 64.3 Å². The molecule has 2 rings (SSSR count). The molecule has 1 heterocycles. The first kappa shape index (κ1) is 11.5. The van der Waals surface area contributed by atoms with Crippen molar-refractivity contribution >= 4 is 0 Å². The molecule has 0 unspecified atom stereocenters. The average molecular weight is 222 g/mol. The summed E-state index contributed by atoms with van der Waals surface area (Å²) in [7, 11) is 0. The first-order valence-electron chi connectivity index (χ1n) is 6.31. The maximum atomic E-state index is 11.5. The number of aromatic nitrogens is 2. The molecule has 1 N–H and O–H groups in total. The minimum absolute atomic E-state index is 0.0323. The second-order valence-corrected chi connectivity index (χ2v) is 5.89. The van der Waals surface area contributed by atoms with Gasteiger partial charge in [0.05, 0.1) is 5.54 Å². The summed E-state index contributed by atoms with van der Waals surface area (Å²) >= 11 is 0. The molecule has 1 aromatic heterocycles. The van der Waals surface area contributed by atoms with E-state index >= 15 is 0 Å². The number of hydrogen-bond acceptors (Lipinski definition) is 1. The summed E-state index contributed by atoms with van der Waals surface area (Å²) in [4.78, 5) is 11.5. The van der Waals surface area contributed by atoms with E-state index in [4.69, 9.17) is 0 Å². The highest BCUT2D eigenvalue weighted by atomic mass is 16.1. The molecule has 3 heteroatoms. The standard InChI is InChI=1S/C13H22N2O/c1-13(2,3)15-11(9-12(16)14-15)10-7-5-4-6-8-10/h9-10H,4-8H2,1-3H3,(H,14,16). The number of nitrogens with zero attached hydrogens (tertiary/aromatic N) is 1. The second-order valence-electron chi connectivity index (χ2n) is 5.89. The van der Waals surface area contributed by atoms with Crippen LogP contribution in [0.4, 0.5) is 0 Å². The van der Waals surface area contributed by atoms with Gasteiger partial charge in [0.1, 0.15) is 0 Å². The Labute approximate surface area is 96.8 Å². The van der Waals surface area contributed by atoms with Gasteiger partial charge in [-0.25, -0.2) is 0 Å². The van der Waals surface area contributed by atoms with Crippen molar-refractivity contribution in [3.63, 3.8) is 0 Å². The number of rotatable bonds is 1. The molecular weight excluding hydrogens is 200 g/mol. The number of hydrogen-bond donors (Lipinski definition) is 1. The zero-order valence-corrected chi connectivity index (χ0v) is 10.5. The maximum Gasteiger partial charge on any atom is 0.264 e. The summed E-state index contributed by atoms with van der Waals surface area (Å²) in [5, 5.41) is 2.94. The zero-order chi connectivity index (χ0) is 11.8. The van der Waals surface area contributed by atoms with Crippen molar-refractivity contribution in [1.82, 2.24) is 9.78 Å². The van der Waals surface area contributed by atoms with Gasteiger partial charge in [-0.2, -0.15) is 0 Å². The highest BCUT2D eigenvalue weighted by Crippen LogP contribution is 2.33. The van der Waals surface area contributed by atoms with Gasteiger partial charge in [0.25, 0.3) is 5.56 Å².